The lowest BCUT2D eigenvalue weighted by molar-refractivity contribution is 0.340. The molecule has 104 valence electrons. The third-order valence-electron chi connectivity index (χ3n) is 2.69. The molecule has 0 amide bonds. The number of benzene rings is 1. The fraction of sp³-hybridized carbons (Fsp3) is 0.143. The number of H-pyrrole nitrogens is 1. The molecule has 0 aliphatic heterocycles. The molecular formula is C14H11N5OS. The normalized spacial score (nSPS) is 10.5. The quantitative estimate of drug-likeness (QED) is 0.796. The van der Waals surface area contributed by atoms with Crippen molar-refractivity contribution < 1.29 is 4.74 Å². The second-order valence-electron chi connectivity index (χ2n) is 4.11. The van der Waals surface area contributed by atoms with Crippen LogP contribution in [0.25, 0.3) is 11.0 Å². The van der Waals surface area contributed by atoms with Gasteiger partial charge in [0.1, 0.15) is 16.8 Å². The van der Waals surface area contributed by atoms with Gasteiger partial charge in [0.05, 0.1) is 30.0 Å². The second kappa shape index (κ2) is 5.81. The fourth-order valence-electron chi connectivity index (χ4n) is 1.80. The van der Waals surface area contributed by atoms with E-state index < -0.39 is 0 Å². The molecule has 0 saturated heterocycles. The molecule has 0 aliphatic carbocycles. The Labute approximate surface area is 125 Å². The summed E-state index contributed by atoms with van der Waals surface area (Å²) in [6.07, 6.45) is 3.00. The highest BCUT2D eigenvalue weighted by Gasteiger charge is 2.07. The van der Waals surface area contributed by atoms with E-state index in [1.54, 1.807) is 6.20 Å². The van der Waals surface area contributed by atoms with Crippen molar-refractivity contribution in [1.82, 2.24) is 19.9 Å². The average Bonchev–Trinajstić information content (AvgIpc) is 2.90. The molecule has 0 saturated carbocycles. The van der Waals surface area contributed by atoms with Gasteiger partial charge < -0.3 is 9.72 Å². The van der Waals surface area contributed by atoms with Gasteiger partial charge in [-0.15, -0.1) is 0 Å². The standard InChI is InChI=1S/C14H11N5OS/c1-2-20-10-3-4-11-12(5-10)19-14(18-11)21-13-8-16-9(6-15)7-17-13/h3-5,7-8H,2H2,1H3,(H,18,19). The van der Waals surface area contributed by atoms with Crippen molar-refractivity contribution in [3.8, 4) is 11.8 Å². The predicted octanol–water partition coefficient (Wildman–Crippen LogP) is 2.77. The van der Waals surface area contributed by atoms with Crippen LogP contribution in [0, 0.1) is 11.3 Å². The van der Waals surface area contributed by atoms with Crippen molar-refractivity contribution in [3.63, 3.8) is 0 Å². The molecular weight excluding hydrogens is 286 g/mol. The number of imidazole rings is 1. The number of nitrogens with zero attached hydrogens (tertiary/aromatic N) is 4. The van der Waals surface area contributed by atoms with Crippen LogP contribution in [0.3, 0.4) is 0 Å². The third-order valence-corrected chi connectivity index (χ3v) is 3.49. The zero-order valence-electron chi connectivity index (χ0n) is 11.2. The maximum atomic E-state index is 8.69. The Morgan fingerprint density at radius 1 is 1.33 bits per heavy atom. The van der Waals surface area contributed by atoms with Crippen LogP contribution in [-0.2, 0) is 0 Å². The summed E-state index contributed by atoms with van der Waals surface area (Å²) in [4.78, 5) is 15.8. The molecule has 6 nitrogen and oxygen atoms in total. The molecule has 1 N–H and O–H groups in total. The van der Waals surface area contributed by atoms with Gasteiger partial charge in [-0.3, -0.25) is 0 Å². The highest BCUT2D eigenvalue weighted by Crippen LogP contribution is 2.26. The lowest BCUT2D eigenvalue weighted by Crippen LogP contribution is -1.90. The van der Waals surface area contributed by atoms with Crippen LogP contribution in [0.2, 0.25) is 0 Å². The first-order chi connectivity index (χ1) is 10.3. The molecule has 2 heterocycles. The summed E-state index contributed by atoms with van der Waals surface area (Å²) in [5, 5.41) is 10.1. The molecule has 0 spiro atoms. The van der Waals surface area contributed by atoms with Crippen molar-refractivity contribution in [3.05, 3.63) is 36.3 Å². The van der Waals surface area contributed by atoms with Crippen molar-refractivity contribution in [2.24, 2.45) is 0 Å². The smallest absolute Gasteiger partial charge is 0.172 e. The first kappa shape index (κ1) is 13.4. The Balaban J connectivity index is 1.85. The number of aromatic amines is 1. The van der Waals surface area contributed by atoms with Crippen LogP contribution in [0.15, 0.2) is 40.8 Å². The van der Waals surface area contributed by atoms with E-state index in [-0.39, 0.29) is 0 Å². The van der Waals surface area contributed by atoms with Gasteiger partial charge in [-0.25, -0.2) is 15.0 Å². The Morgan fingerprint density at radius 2 is 2.24 bits per heavy atom. The van der Waals surface area contributed by atoms with E-state index in [4.69, 9.17) is 10.00 Å². The molecule has 0 aliphatic rings. The molecule has 0 bridgehead atoms. The van der Waals surface area contributed by atoms with Gasteiger partial charge in [-0.2, -0.15) is 5.26 Å². The Bertz CT molecular complexity index is 806. The minimum absolute atomic E-state index is 0.297. The maximum Gasteiger partial charge on any atom is 0.172 e. The van der Waals surface area contributed by atoms with Gasteiger partial charge >= 0.3 is 0 Å². The first-order valence-corrected chi connectivity index (χ1v) is 7.12. The number of nitrogens with one attached hydrogen (secondary N) is 1. The van der Waals surface area contributed by atoms with Crippen molar-refractivity contribution in [2.45, 2.75) is 17.1 Å². The van der Waals surface area contributed by atoms with Crippen molar-refractivity contribution >= 4 is 22.8 Å². The lowest BCUT2D eigenvalue weighted by Gasteiger charge is -2.00. The van der Waals surface area contributed by atoms with E-state index in [1.165, 1.54) is 18.0 Å². The van der Waals surface area contributed by atoms with Crippen molar-refractivity contribution in [2.75, 3.05) is 6.61 Å². The summed E-state index contributed by atoms with van der Waals surface area (Å²) in [5.41, 5.74) is 2.07. The predicted molar refractivity (Wildman–Crippen MR) is 78.1 cm³/mol. The molecule has 3 aromatic rings. The van der Waals surface area contributed by atoms with Gasteiger partial charge in [0.2, 0.25) is 0 Å². The Hall–Kier alpha value is -2.59. The van der Waals surface area contributed by atoms with Crippen LogP contribution in [0.4, 0.5) is 0 Å². The van der Waals surface area contributed by atoms with Gasteiger partial charge in [-0.05, 0) is 30.8 Å². The van der Waals surface area contributed by atoms with E-state index >= 15 is 0 Å². The van der Waals surface area contributed by atoms with Gasteiger partial charge in [0.15, 0.2) is 10.9 Å². The first-order valence-electron chi connectivity index (χ1n) is 6.31. The number of ether oxygens (including phenoxy) is 1. The molecule has 0 radical (unpaired) electrons. The van der Waals surface area contributed by atoms with E-state index in [0.29, 0.717) is 17.3 Å². The average molecular weight is 297 g/mol. The molecule has 1 aromatic carbocycles. The minimum atomic E-state index is 0.297. The van der Waals surface area contributed by atoms with Gasteiger partial charge in [-0.1, -0.05) is 0 Å². The van der Waals surface area contributed by atoms with Gasteiger partial charge in [0.25, 0.3) is 0 Å². The molecule has 0 atom stereocenters. The summed E-state index contributed by atoms with van der Waals surface area (Å²) in [5.74, 6) is 0.809. The number of nitriles is 1. The monoisotopic (exact) mass is 297 g/mol. The van der Waals surface area contributed by atoms with Crippen LogP contribution in [0.5, 0.6) is 5.75 Å². The van der Waals surface area contributed by atoms with Gasteiger partial charge in [0, 0.05) is 6.07 Å². The lowest BCUT2D eigenvalue weighted by atomic mass is 10.3. The third kappa shape index (κ3) is 2.95. The number of hydrogen-bond acceptors (Lipinski definition) is 6. The van der Waals surface area contributed by atoms with E-state index in [2.05, 4.69) is 19.9 Å². The van der Waals surface area contributed by atoms with Crippen molar-refractivity contribution in [1.29, 1.82) is 5.26 Å². The summed E-state index contributed by atoms with van der Waals surface area (Å²) in [6, 6.07) is 7.65. The zero-order valence-corrected chi connectivity index (χ0v) is 12.0. The minimum Gasteiger partial charge on any atom is -0.494 e. The summed E-state index contributed by atoms with van der Waals surface area (Å²) in [7, 11) is 0. The van der Waals surface area contributed by atoms with Crippen LogP contribution < -0.4 is 4.74 Å². The number of aromatic nitrogens is 4. The van der Waals surface area contributed by atoms with E-state index in [9.17, 15) is 0 Å². The molecule has 3 rings (SSSR count). The Kier molecular flexibility index (Phi) is 3.71. The highest BCUT2D eigenvalue weighted by molar-refractivity contribution is 7.99. The largest absolute Gasteiger partial charge is 0.494 e. The number of rotatable bonds is 4. The molecule has 2 aromatic heterocycles. The second-order valence-corrected chi connectivity index (χ2v) is 5.12. The topological polar surface area (TPSA) is 87.5 Å². The maximum absolute atomic E-state index is 8.69. The summed E-state index contributed by atoms with van der Waals surface area (Å²) in [6.45, 7) is 2.57. The van der Waals surface area contributed by atoms with E-state index in [1.807, 2.05) is 31.2 Å². The zero-order chi connectivity index (χ0) is 14.7. The summed E-state index contributed by atoms with van der Waals surface area (Å²) < 4.78 is 5.46. The van der Waals surface area contributed by atoms with Crippen LogP contribution >= 0.6 is 11.8 Å². The number of fused-ring (bicyclic) bond motifs is 1. The van der Waals surface area contributed by atoms with E-state index in [0.717, 1.165) is 21.9 Å². The Morgan fingerprint density at radius 3 is 2.95 bits per heavy atom. The van der Waals surface area contributed by atoms with Crippen LogP contribution in [0.1, 0.15) is 12.6 Å². The van der Waals surface area contributed by atoms with Crippen LogP contribution in [-0.4, -0.2) is 26.5 Å². The fourth-order valence-corrected chi connectivity index (χ4v) is 2.51. The highest BCUT2D eigenvalue weighted by atomic mass is 32.2. The number of hydrogen-bond donors (Lipinski definition) is 1. The molecule has 0 unspecified atom stereocenters. The summed E-state index contributed by atoms with van der Waals surface area (Å²) >= 11 is 1.36. The molecule has 21 heavy (non-hydrogen) atoms. The SMILES string of the molecule is CCOc1ccc2nc(Sc3cnc(C#N)cn3)[nH]c2c1. The molecule has 0 fully saturated rings. The molecule has 7 heteroatoms.